The van der Waals surface area contributed by atoms with Gasteiger partial charge in [-0.1, -0.05) is 30.3 Å². The summed E-state index contributed by atoms with van der Waals surface area (Å²) in [7, 11) is 0. The second-order valence-corrected chi connectivity index (χ2v) is 6.27. The van der Waals surface area contributed by atoms with E-state index >= 15 is 0 Å². The van der Waals surface area contributed by atoms with Crippen molar-refractivity contribution < 1.29 is 9.47 Å². The van der Waals surface area contributed by atoms with Crippen LogP contribution < -0.4 is 14.8 Å². The van der Waals surface area contributed by atoms with E-state index < -0.39 is 0 Å². The standard InChI is InChI=1S/C20H26N2O2/c1-2-7-17(8-3-1)10-6-14-23-20-19(11-5-13-22-20)24-16-18-9-4-12-21-15-18/h1-3,5,7-8,11,13,18,21H,4,6,9-10,12,14-16H2. The first-order chi connectivity index (χ1) is 11.9. The van der Waals surface area contributed by atoms with Crippen molar-refractivity contribution in [1.82, 2.24) is 10.3 Å². The molecule has 0 bridgehead atoms. The minimum Gasteiger partial charge on any atom is -0.488 e. The Morgan fingerprint density at radius 2 is 2.00 bits per heavy atom. The van der Waals surface area contributed by atoms with E-state index in [1.165, 1.54) is 18.4 Å². The molecule has 1 atom stereocenters. The van der Waals surface area contributed by atoms with Crippen LogP contribution in [0.25, 0.3) is 0 Å². The van der Waals surface area contributed by atoms with Crippen molar-refractivity contribution in [2.24, 2.45) is 5.92 Å². The molecular formula is C20H26N2O2. The number of aryl methyl sites for hydroxylation is 1. The van der Waals surface area contributed by atoms with Gasteiger partial charge in [0.2, 0.25) is 0 Å². The SMILES string of the molecule is c1ccc(CCCOc2ncccc2OCC2CCCNC2)cc1. The Labute approximate surface area is 144 Å². The van der Waals surface area contributed by atoms with Gasteiger partial charge < -0.3 is 14.8 Å². The van der Waals surface area contributed by atoms with E-state index in [1.54, 1.807) is 6.20 Å². The number of nitrogens with one attached hydrogen (secondary N) is 1. The molecule has 2 heterocycles. The molecule has 24 heavy (non-hydrogen) atoms. The lowest BCUT2D eigenvalue weighted by molar-refractivity contribution is 0.203. The molecule has 1 saturated heterocycles. The fourth-order valence-corrected chi connectivity index (χ4v) is 2.96. The Kier molecular flexibility index (Phi) is 6.49. The summed E-state index contributed by atoms with van der Waals surface area (Å²) in [4.78, 5) is 4.32. The highest BCUT2D eigenvalue weighted by molar-refractivity contribution is 5.32. The zero-order valence-electron chi connectivity index (χ0n) is 14.1. The van der Waals surface area contributed by atoms with Crippen LogP contribution in [0, 0.1) is 5.92 Å². The number of ether oxygens (including phenoxy) is 2. The summed E-state index contributed by atoms with van der Waals surface area (Å²) >= 11 is 0. The van der Waals surface area contributed by atoms with Gasteiger partial charge in [-0.05, 0) is 49.9 Å². The van der Waals surface area contributed by atoms with Crippen molar-refractivity contribution in [1.29, 1.82) is 0 Å². The number of hydrogen-bond acceptors (Lipinski definition) is 4. The summed E-state index contributed by atoms with van der Waals surface area (Å²) in [5.74, 6) is 1.93. The van der Waals surface area contributed by atoms with Gasteiger partial charge in [0.05, 0.1) is 13.2 Å². The van der Waals surface area contributed by atoms with E-state index in [4.69, 9.17) is 9.47 Å². The van der Waals surface area contributed by atoms with E-state index in [-0.39, 0.29) is 0 Å². The van der Waals surface area contributed by atoms with Crippen LogP contribution in [0.4, 0.5) is 0 Å². The van der Waals surface area contributed by atoms with E-state index in [2.05, 4.69) is 34.6 Å². The second kappa shape index (κ2) is 9.28. The minimum atomic E-state index is 0.574. The molecule has 4 heteroatoms. The van der Waals surface area contributed by atoms with Crippen molar-refractivity contribution in [2.75, 3.05) is 26.3 Å². The van der Waals surface area contributed by atoms with Gasteiger partial charge in [0, 0.05) is 18.7 Å². The van der Waals surface area contributed by atoms with Gasteiger partial charge in [0.25, 0.3) is 5.88 Å². The van der Waals surface area contributed by atoms with Crippen molar-refractivity contribution >= 4 is 0 Å². The monoisotopic (exact) mass is 326 g/mol. The molecule has 1 fully saturated rings. The summed E-state index contributed by atoms with van der Waals surface area (Å²) in [6.07, 6.45) is 6.18. The van der Waals surface area contributed by atoms with Crippen LogP contribution in [0.2, 0.25) is 0 Å². The topological polar surface area (TPSA) is 43.4 Å². The lowest BCUT2D eigenvalue weighted by atomic mass is 10.0. The molecule has 0 radical (unpaired) electrons. The summed E-state index contributed by atoms with van der Waals surface area (Å²) in [6.45, 7) is 3.53. The molecule has 1 unspecified atom stereocenters. The normalized spacial score (nSPS) is 17.4. The summed E-state index contributed by atoms with van der Waals surface area (Å²) < 4.78 is 11.8. The predicted molar refractivity (Wildman–Crippen MR) is 95.6 cm³/mol. The zero-order valence-corrected chi connectivity index (χ0v) is 14.1. The van der Waals surface area contributed by atoms with Gasteiger partial charge in [-0.2, -0.15) is 0 Å². The maximum atomic E-state index is 5.96. The average Bonchev–Trinajstić information content (AvgIpc) is 2.66. The third-order valence-electron chi connectivity index (χ3n) is 4.30. The highest BCUT2D eigenvalue weighted by atomic mass is 16.5. The van der Waals surface area contributed by atoms with Crippen LogP contribution in [0.15, 0.2) is 48.7 Å². The van der Waals surface area contributed by atoms with Crippen LogP contribution >= 0.6 is 0 Å². The molecule has 1 aliphatic rings. The van der Waals surface area contributed by atoms with Crippen LogP contribution in [0.1, 0.15) is 24.8 Å². The van der Waals surface area contributed by atoms with E-state index in [0.717, 1.165) is 38.3 Å². The quantitative estimate of drug-likeness (QED) is 0.754. The number of piperidine rings is 1. The van der Waals surface area contributed by atoms with Crippen LogP contribution in [-0.4, -0.2) is 31.3 Å². The van der Waals surface area contributed by atoms with Gasteiger partial charge in [0.15, 0.2) is 5.75 Å². The molecule has 0 spiro atoms. The number of benzene rings is 1. The first-order valence-corrected chi connectivity index (χ1v) is 8.87. The third kappa shape index (κ3) is 5.24. The highest BCUT2D eigenvalue weighted by Gasteiger charge is 2.15. The largest absolute Gasteiger partial charge is 0.488 e. The predicted octanol–water partition coefficient (Wildman–Crippen LogP) is 3.47. The number of pyridine rings is 1. The molecular weight excluding hydrogens is 300 g/mol. The number of nitrogens with zero attached hydrogens (tertiary/aromatic N) is 1. The van der Waals surface area contributed by atoms with Crippen LogP contribution in [0.3, 0.4) is 0 Å². The fourth-order valence-electron chi connectivity index (χ4n) is 2.96. The maximum absolute atomic E-state index is 5.96. The highest BCUT2D eigenvalue weighted by Crippen LogP contribution is 2.25. The van der Waals surface area contributed by atoms with Gasteiger partial charge in [-0.25, -0.2) is 4.98 Å². The molecule has 3 rings (SSSR count). The van der Waals surface area contributed by atoms with Gasteiger partial charge in [0.1, 0.15) is 0 Å². The van der Waals surface area contributed by atoms with E-state index in [9.17, 15) is 0 Å². The maximum Gasteiger partial charge on any atom is 0.256 e. The first-order valence-electron chi connectivity index (χ1n) is 8.87. The molecule has 1 N–H and O–H groups in total. The molecule has 2 aromatic rings. The van der Waals surface area contributed by atoms with Gasteiger partial charge in [-0.3, -0.25) is 0 Å². The smallest absolute Gasteiger partial charge is 0.256 e. The second-order valence-electron chi connectivity index (χ2n) is 6.27. The fraction of sp³-hybridized carbons (Fsp3) is 0.450. The van der Waals surface area contributed by atoms with E-state index in [1.807, 2.05) is 18.2 Å². The number of aromatic nitrogens is 1. The Morgan fingerprint density at radius 3 is 2.83 bits per heavy atom. The summed E-state index contributed by atoms with van der Waals surface area (Å²) in [6, 6.07) is 14.3. The van der Waals surface area contributed by atoms with Crippen molar-refractivity contribution in [2.45, 2.75) is 25.7 Å². The molecule has 0 amide bonds. The van der Waals surface area contributed by atoms with Crippen molar-refractivity contribution in [3.63, 3.8) is 0 Å². The number of rotatable bonds is 8. The molecule has 1 aliphatic heterocycles. The van der Waals surface area contributed by atoms with Gasteiger partial charge >= 0.3 is 0 Å². The zero-order chi connectivity index (χ0) is 16.5. The average molecular weight is 326 g/mol. The molecule has 128 valence electrons. The summed E-state index contributed by atoms with van der Waals surface area (Å²) in [5.41, 5.74) is 1.34. The van der Waals surface area contributed by atoms with Crippen molar-refractivity contribution in [3.05, 3.63) is 54.2 Å². The Hall–Kier alpha value is -2.07. The van der Waals surface area contributed by atoms with Gasteiger partial charge in [-0.15, -0.1) is 0 Å². The minimum absolute atomic E-state index is 0.574. The number of hydrogen-bond donors (Lipinski definition) is 1. The van der Waals surface area contributed by atoms with E-state index in [0.29, 0.717) is 18.4 Å². The molecule has 1 aromatic heterocycles. The summed E-state index contributed by atoms with van der Waals surface area (Å²) in [5, 5.41) is 3.42. The lowest BCUT2D eigenvalue weighted by Gasteiger charge is -2.23. The van der Waals surface area contributed by atoms with Crippen LogP contribution in [0.5, 0.6) is 11.6 Å². The Balaban J connectivity index is 1.44. The Morgan fingerprint density at radius 1 is 1.08 bits per heavy atom. The van der Waals surface area contributed by atoms with Crippen LogP contribution in [-0.2, 0) is 6.42 Å². The molecule has 1 aromatic carbocycles. The molecule has 4 nitrogen and oxygen atoms in total. The Bertz CT molecular complexity index is 598. The molecule has 0 aliphatic carbocycles. The molecule has 0 saturated carbocycles. The third-order valence-corrected chi connectivity index (χ3v) is 4.30. The van der Waals surface area contributed by atoms with Crippen molar-refractivity contribution in [3.8, 4) is 11.6 Å². The lowest BCUT2D eigenvalue weighted by Crippen LogP contribution is -2.33. The first kappa shape index (κ1) is 16.8.